The van der Waals surface area contributed by atoms with Crippen molar-refractivity contribution in [3.63, 3.8) is 0 Å². The Balaban J connectivity index is 1.21. The first-order valence-electron chi connectivity index (χ1n) is 17.7. The highest BCUT2D eigenvalue weighted by Gasteiger charge is 2.23. The Morgan fingerprint density at radius 3 is 1.87 bits per heavy atom. The Morgan fingerprint density at radius 2 is 1.04 bits per heavy atom. The number of hydrogen-bond acceptors (Lipinski definition) is 5. The molecule has 0 amide bonds. The molecule has 0 atom stereocenters. The van der Waals surface area contributed by atoms with Crippen molar-refractivity contribution in [3.05, 3.63) is 146 Å². The predicted octanol–water partition coefficient (Wildman–Crippen LogP) is 11.7. The van der Waals surface area contributed by atoms with E-state index in [1.165, 1.54) is 5.39 Å². The molecule has 0 saturated heterocycles. The predicted molar refractivity (Wildman–Crippen MR) is 214 cm³/mol. The standard InChI is InChI=1S/C46H27N5O2/c1-50-36-17-6-2-11-27(36)31-15-10-16-34(41(31)50)45-47-44(26-21-24-40-35(25-26)30-14-5-8-19-38(30)52-40)48-46(49-45)51-37-18-7-3-12-28(37)32-22-23-33-29-13-4-9-20-39(29)53-43(33)42(32)51/h2-25H,1H3. The van der Waals surface area contributed by atoms with E-state index < -0.39 is 0 Å². The van der Waals surface area contributed by atoms with Gasteiger partial charge in [0.15, 0.2) is 17.2 Å². The average Bonchev–Trinajstić information content (AvgIpc) is 3.95. The maximum Gasteiger partial charge on any atom is 0.238 e. The summed E-state index contributed by atoms with van der Waals surface area (Å²) in [7, 11) is 2.11. The summed E-state index contributed by atoms with van der Waals surface area (Å²) in [5, 5.41) is 8.68. The number of benzene rings is 7. The maximum atomic E-state index is 6.67. The lowest BCUT2D eigenvalue weighted by atomic mass is 10.1. The van der Waals surface area contributed by atoms with Crippen molar-refractivity contribution in [2.75, 3.05) is 0 Å². The van der Waals surface area contributed by atoms with Crippen LogP contribution < -0.4 is 0 Å². The van der Waals surface area contributed by atoms with E-state index >= 15 is 0 Å². The second-order valence-corrected chi connectivity index (χ2v) is 13.7. The lowest BCUT2D eigenvalue weighted by Crippen LogP contribution is -2.07. The highest BCUT2D eigenvalue weighted by Crippen LogP contribution is 2.41. The fraction of sp³-hybridized carbons (Fsp3) is 0.0217. The average molecular weight is 682 g/mol. The summed E-state index contributed by atoms with van der Waals surface area (Å²) in [4.78, 5) is 15.9. The van der Waals surface area contributed by atoms with E-state index in [4.69, 9.17) is 23.8 Å². The van der Waals surface area contributed by atoms with Crippen molar-refractivity contribution < 1.29 is 8.83 Å². The van der Waals surface area contributed by atoms with Crippen LogP contribution in [0.5, 0.6) is 0 Å². The van der Waals surface area contributed by atoms with Gasteiger partial charge in [-0.25, -0.2) is 4.98 Å². The van der Waals surface area contributed by atoms with Crippen molar-refractivity contribution >= 4 is 87.5 Å². The highest BCUT2D eigenvalue weighted by atomic mass is 16.3. The second kappa shape index (κ2) is 10.4. The van der Waals surface area contributed by atoms with Gasteiger partial charge in [-0.15, -0.1) is 0 Å². The van der Waals surface area contributed by atoms with Crippen LogP contribution in [0.25, 0.3) is 116 Å². The molecule has 0 saturated carbocycles. The number of nitrogens with zero attached hydrogens (tertiary/aromatic N) is 5. The molecule has 12 rings (SSSR count). The number of aryl methyl sites for hydroxylation is 1. The summed E-state index contributed by atoms with van der Waals surface area (Å²) in [5.41, 5.74) is 9.21. The van der Waals surface area contributed by atoms with Crippen LogP contribution in [0.3, 0.4) is 0 Å². The van der Waals surface area contributed by atoms with Gasteiger partial charge in [-0.2, -0.15) is 9.97 Å². The van der Waals surface area contributed by atoms with Crippen molar-refractivity contribution in [3.8, 4) is 28.7 Å². The van der Waals surface area contributed by atoms with Crippen LogP contribution >= 0.6 is 0 Å². The number of para-hydroxylation sites is 5. The summed E-state index contributed by atoms with van der Waals surface area (Å²) in [6.45, 7) is 0. The molecule has 0 aliphatic heterocycles. The van der Waals surface area contributed by atoms with Gasteiger partial charge in [0, 0.05) is 66.8 Å². The molecule has 0 aliphatic carbocycles. The monoisotopic (exact) mass is 681 g/mol. The topological polar surface area (TPSA) is 74.8 Å². The molecule has 0 unspecified atom stereocenters. The van der Waals surface area contributed by atoms with Crippen LogP contribution in [0.4, 0.5) is 0 Å². The minimum atomic E-state index is 0.511. The molecule has 0 N–H and O–H groups in total. The van der Waals surface area contributed by atoms with Gasteiger partial charge in [-0.3, -0.25) is 4.57 Å². The van der Waals surface area contributed by atoms with Crippen molar-refractivity contribution in [2.24, 2.45) is 7.05 Å². The summed E-state index contributed by atoms with van der Waals surface area (Å²) >= 11 is 0. The van der Waals surface area contributed by atoms with E-state index in [9.17, 15) is 0 Å². The van der Waals surface area contributed by atoms with E-state index in [0.29, 0.717) is 17.6 Å². The van der Waals surface area contributed by atoms with Gasteiger partial charge in [0.25, 0.3) is 0 Å². The smallest absolute Gasteiger partial charge is 0.238 e. The molecule has 12 aromatic rings. The first kappa shape index (κ1) is 28.4. The van der Waals surface area contributed by atoms with Crippen LogP contribution in [-0.4, -0.2) is 24.1 Å². The first-order valence-corrected chi connectivity index (χ1v) is 17.7. The van der Waals surface area contributed by atoms with E-state index in [1.54, 1.807) is 0 Å². The molecule has 5 heterocycles. The third kappa shape index (κ3) is 3.90. The summed E-state index contributed by atoms with van der Waals surface area (Å²) in [6.07, 6.45) is 0. The van der Waals surface area contributed by atoms with Crippen molar-refractivity contribution in [1.82, 2.24) is 24.1 Å². The number of fused-ring (bicyclic) bond motifs is 13. The summed E-state index contributed by atoms with van der Waals surface area (Å²) in [6, 6.07) is 50.1. The molecule has 0 spiro atoms. The van der Waals surface area contributed by atoms with E-state index in [1.807, 2.05) is 42.5 Å². The minimum Gasteiger partial charge on any atom is -0.456 e. The Labute approximate surface area is 301 Å². The minimum absolute atomic E-state index is 0.511. The largest absolute Gasteiger partial charge is 0.456 e. The quantitative estimate of drug-likeness (QED) is 0.186. The number of hydrogen-bond donors (Lipinski definition) is 0. The fourth-order valence-corrected chi connectivity index (χ4v) is 8.44. The van der Waals surface area contributed by atoms with E-state index in [-0.39, 0.29) is 0 Å². The molecule has 53 heavy (non-hydrogen) atoms. The number of aromatic nitrogens is 5. The summed E-state index contributed by atoms with van der Waals surface area (Å²) < 4.78 is 17.3. The molecule has 0 radical (unpaired) electrons. The van der Waals surface area contributed by atoms with E-state index in [2.05, 4.69) is 119 Å². The van der Waals surface area contributed by atoms with Gasteiger partial charge in [-0.1, -0.05) is 91.0 Å². The Kier molecular flexibility index (Phi) is 5.58. The van der Waals surface area contributed by atoms with Gasteiger partial charge < -0.3 is 13.4 Å². The highest BCUT2D eigenvalue weighted by molar-refractivity contribution is 6.21. The molecular formula is C46H27N5O2. The Morgan fingerprint density at radius 1 is 0.434 bits per heavy atom. The molecule has 5 aromatic heterocycles. The third-order valence-corrected chi connectivity index (χ3v) is 10.8. The molecule has 0 aliphatic rings. The van der Waals surface area contributed by atoms with Crippen LogP contribution in [0.2, 0.25) is 0 Å². The van der Waals surface area contributed by atoms with E-state index in [0.717, 1.165) is 93.2 Å². The van der Waals surface area contributed by atoms with Gasteiger partial charge in [0.1, 0.15) is 22.3 Å². The van der Waals surface area contributed by atoms with Crippen LogP contribution in [0.15, 0.2) is 154 Å². The van der Waals surface area contributed by atoms with Gasteiger partial charge in [0.05, 0.1) is 11.0 Å². The zero-order valence-electron chi connectivity index (χ0n) is 28.4. The normalized spacial score (nSPS) is 12.2. The molecular weight excluding hydrogens is 655 g/mol. The van der Waals surface area contributed by atoms with Crippen molar-refractivity contribution in [2.45, 2.75) is 0 Å². The SMILES string of the molecule is Cn1c2ccccc2c2cccc(-c3nc(-c4ccc5oc6ccccc6c5c4)nc(-n4c5ccccc5c5ccc6c7ccccc7oc6c54)n3)c21. The zero-order chi connectivity index (χ0) is 34.8. The van der Waals surface area contributed by atoms with Gasteiger partial charge in [0.2, 0.25) is 5.95 Å². The van der Waals surface area contributed by atoms with Crippen LogP contribution in [0, 0.1) is 0 Å². The summed E-state index contributed by atoms with van der Waals surface area (Å²) in [5.74, 6) is 1.66. The van der Waals surface area contributed by atoms with Crippen LogP contribution in [-0.2, 0) is 7.05 Å². The first-order chi connectivity index (χ1) is 26.2. The number of rotatable bonds is 3. The number of furan rings is 2. The second-order valence-electron chi connectivity index (χ2n) is 13.7. The lowest BCUT2D eigenvalue weighted by Gasteiger charge is -2.12. The molecule has 7 heteroatoms. The Bertz CT molecular complexity index is 3490. The zero-order valence-corrected chi connectivity index (χ0v) is 28.4. The van der Waals surface area contributed by atoms with Gasteiger partial charge >= 0.3 is 0 Å². The fourth-order valence-electron chi connectivity index (χ4n) is 8.44. The molecule has 0 bridgehead atoms. The maximum absolute atomic E-state index is 6.67. The molecule has 7 nitrogen and oxygen atoms in total. The lowest BCUT2D eigenvalue weighted by molar-refractivity contribution is 0.669. The molecule has 7 aromatic carbocycles. The molecule has 248 valence electrons. The molecule has 0 fully saturated rings. The third-order valence-electron chi connectivity index (χ3n) is 10.8. The van der Waals surface area contributed by atoms with Gasteiger partial charge in [-0.05, 0) is 54.6 Å². The van der Waals surface area contributed by atoms with Crippen molar-refractivity contribution in [1.29, 1.82) is 0 Å². The Hall–Kier alpha value is -7.25. The van der Waals surface area contributed by atoms with Crippen LogP contribution in [0.1, 0.15) is 0 Å².